The summed E-state index contributed by atoms with van der Waals surface area (Å²) in [7, 11) is 3.83. The number of fused-ring (bicyclic) bond motifs is 1. The van der Waals surface area contributed by atoms with E-state index in [0.29, 0.717) is 36.7 Å². The smallest absolute Gasteiger partial charge is 0.246 e. The number of hydrogen-bond donors (Lipinski definition) is 0. The minimum Gasteiger partial charge on any atom is -0.495 e. The zero-order valence-electron chi connectivity index (χ0n) is 16.3. The second kappa shape index (κ2) is 7.46. The van der Waals surface area contributed by atoms with Crippen LogP contribution in [0.15, 0.2) is 23.1 Å². The van der Waals surface area contributed by atoms with Crippen LogP contribution in [0.1, 0.15) is 18.4 Å². The molecule has 2 aliphatic rings. The van der Waals surface area contributed by atoms with E-state index in [1.54, 1.807) is 23.5 Å². The Kier molecular flexibility index (Phi) is 5.63. The van der Waals surface area contributed by atoms with Gasteiger partial charge in [0.05, 0.1) is 13.2 Å². The molecule has 1 aliphatic heterocycles. The fourth-order valence-corrected chi connectivity index (χ4v) is 6.26. The summed E-state index contributed by atoms with van der Waals surface area (Å²) in [5.41, 5.74) is 0.910. The lowest BCUT2D eigenvalue weighted by Crippen LogP contribution is -2.47. The Labute approximate surface area is 157 Å². The van der Waals surface area contributed by atoms with Gasteiger partial charge >= 0.3 is 0 Å². The molecule has 7 heteroatoms. The quantitative estimate of drug-likeness (QED) is 0.779. The molecule has 3 rings (SSSR count). The van der Waals surface area contributed by atoms with Gasteiger partial charge in [-0.3, -0.25) is 0 Å². The van der Waals surface area contributed by atoms with Crippen molar-refractivity contribution in [2.45, 2.75) is 36.8 Å². The third-order valence-electron chi connectivity index (χ3n) is 5.95. The molecule has 1 aromatic rings. The molecule has 2 fully saturated rings. The topological polar surface area (TPSA) is 59.1 Å². The number of sulfonamides is 1. The van der Waals surface area contributed by atoms with Gasteiger partial charge in [-0.15, -0.1) is 0 Å². The molecule has 0 bridgehead atoms. The zero-order chi connectivity index (χ0) is 19.1. The number of methoxy groups -OCH3 is 2. The summed E-state index contributed by atoms with van der Waals surface area (Å²) in [5, 5.41) is 0. The molecule has 0 spiro atoms. The highest BCUT2D eigenvalue weighted by Crippen LogP contribution is 2.41. The molecule has 0 unspecified atom stereocenters. The van der Waals surface area contributed by atoms with E-state index in [1.807, 2.05) is 13.0 Å². The maximum atomic E-state index is 13.3. The van der Waals surface area contributed by atoms with Crippen molar-refractivity contribution in [3.63, 3.8) is 0 Å². The van der Waals surface area contributed by atoms with E-state index in [9.17, 15) is 8.42 Å². The maximum absolute atomic E-state index is 13.3. The standard InChI is InChI=1S/C19H30N2O4S/c1-13-6-7-17(24-4)19(8-13)26(22,23)21-11-14-9-16(20(2)3)18(25-5)10-15(14)12-21/h6-8,14-16,18H,9-12H2,1-5H3/t14-,15+,16-,18-/m1/s1. The first-order chi connectivity index (χ1) is 12.3. The highest BCUT2D eigenvalue weighted by molar-refractivity contribution is 7.89. The van der Waals surface area contributed by atoms with Crippen LogP contribution < -0.4 is 4.74 Å². The van der Waals surface area contributed by atoms with Crippen LogP contribution in [0.25, 0.3) is 0 Å². The first kappa shape index (κ1) is 19.6. The predicted octanol–water partition coefficient (Wildman–Crippen LogP) is 1.98. The summed E-state index contributed by atoms with van der Waals surface area (Å²) in [5.74, 6) is 1.13. The van der Waals surface area contributed by atoms with E-state index >= 15 is 0 Å². The van der Waals surface area contributed by atoms with Crippen LogP contribution in [-0.4, -0.2) is 71.2 Å². The predicted molar refractivity (Wildman–Crippen MR) is 101 cm³/mol. The van der Waals surface area contributed by atoms with Crippen molar-refractivity contribution in [3.8, 4) is 5.75 Å². The zero-order valence-corrected chi connectivity index (χ0v) is 17.1. The van der Waals surface area contributed by atoms with Crippen LogP contribution in [0, 0.1) is 18.8 Å². The normalized spacial score (nSPS) is 29.8. The SMILES string of the molecule is COc1ccc(C)cc1S(=O)(=O)N1C[C@H]2C[C@@H](N(C)C)[C@H](OC)C[C@H]2C1. The molecule has 0 aromatic heterocycles. The summed E-state index contributed by atoms with van der Waals surface area (Å²) >= 11 is 0. The molecule has 4 atom stereocenters. The van der Waals surface area contributed by atoms with Gasteiger partial charge in [0.2, 0.25) is 10.0 Å². The molecule has 0 amide bonds. The molecule has 1 saturated heterocycles. The number of hydrogen-bond acceptors (Lipinski definition) is 5. The summed E-state index contributed by atoms with van der Waals surface area (Å²) in [4.78, 5) is 2.47. The third-order valence-corrected chi connectivity index (χ3v) is 7.81. The Bertz CT molecular complexity index is 750. The summed E-state index contributed by atoms with van der Waals surface area (Å²) < 4.78 is 39.2. The third kappa shape index (κ3) is 3.50. The average molecular weight is 383 g/mol. The molecule has 1 aliphatic carbocycles. The van der Waals surface area contributed by atoms with Gasteiger partial charge in [0.25, 0.3) is 0 Å². The Morgan fingerprint density at radius 2 is 1.77 bits per heavy atom. The highest BCUT2D eigenvalue weighted by atomic mass is 32.2. The van der Waals surface area contributed by atoms with Crippen LogP contribution >= 0.6 is 0 Å². The minimum absolute atomic E-state index is 0.155. The molecule has 26 heavy (non-hydrogen) atoms. The van der Waals surface area contributed by atoms with Crippen molar-refractivity contribution in [1.29, 1.82) is 0 Å². The number of nitrogens with zero attached hydrogens (tertiary/aromatic N) is 2. The van der Waals surface area contributed by atoms with Gasteiger partial charge in [-0.25, -0.2) is 8.42 Å². The first-order valence-corrected chi connectivity index (χ1v) is 10.6. The minimum atomic E-state index is -3.57. The fraction of sp³-hybridized carbons (Fsp3) is 0.684. The highest BCUT2D eigenvalue weighted by Gasteiger charge is 2.46. The average Bonchev–Trinajstić information content (AvgIpc) is 3.04. The van der Waals surface area contributed by atoms with Crippen molar-refractivity contribution in [2.75, 3.05) is 41.4 Å². The van der Waals surface area contributed by atoms with Gasteiger partial charge in [-0.05, 0) is 63.4 Å². The number of rotatable bonds is 5. The number of ether oxygens (including phenoxy) is 2. The molecule has 0 radical (unpaired) electrons. The van der Waals surface area contributed by atoms with Crippen molar-refractivity contribution < 1.29 is 17.9 Å². The molecule has 0 N–H and O–H groups in total. The summed E-state index contributed by atoms with van der Waals surface area (Å²) in [6.45, 7) is 3.03. The molecule has 6 nitrogen and oxygen atoms in total. The molecule has 1 saturated carbocycles. The lowest BCUT2D eigenvalue weighted by molar-refractivity contribution is -0.0209. The lowest BCUT2D eigenvalue weighted by Gasteiger charge is -2.40. The van der Waals surface area contributed by atoms with Crippen molar-refractivity contribution in [1.82, 2.24) is 9.21 Å². The Hall–Kier alpha value is -1.15. The second-order valence-electron chi connectivity index (χ2n) is 7.77. The van der Waals surface area contributed by atoms with Gasteiger partial charge in [0, 0.05) is 26.2 Å². The Morgan fingerprint density at radius 3 is 2.35 bits per heavy atom. The fourth-order valence-electron chi connectivity index (χ4n) is 4.46. The van der Waals surface area contributed by atoms with Gasteiger partial charge < -0.3 is 14.4 Å². The van der Waals surface area contributed by atoms with Crippen molar-refractivity contribution >= 4 is 10.0 Å². The van der Waals surface area contributed by atoms with Crippen LogP contribution in [0.2, 0.25) is 0 Å². The van der Waals surface area contributed by atoms with Crippen LogP contribution in [-0.2, 0) is 14.8 Å². The van der Waals surface area contributed by atoms with Gasteiger partial charge in [-0.2, -0.15) is 4.31 Å². The Morgan fingerprint density at radius 1 is 1.12 bits per heavy atom. The van der Waals surface area contributed by atoms with Crippen molar-refractivity contribution in [2.24, 2.45) is 11.8 Å². The summed E-state index contributed by atoms with van der Waals surface area (Å²) in [6.07, 6.45) is 2.02. The maximum Gasteiger partial charge on any atom is 0.246 e. The number of benzene rings is 1. The van der Waals surface area contributed by atoms with E-state index in [1.165, 1.54) is 7.11 Å². The molecular weight excluding hydrogens is 352 g/mol. The van der Waals surface area contributed by atoms with Crippen molar-refractivity contribution in [3.05, 3.63) is 23.8 Å². The van der Waals surface area contributed by atoms with Crippen LogP contribution in [0.3, 0.4) is 0 Å². The number of likely N-dealkylation sites (N-methyl/N-ethyl adjacent to an activating group) is 1. The lowest BCUT2D eigenvalue weighted by atomic mass is 9.77. The van der Waals surface area contributed by atoms with E-state index in [2.05, 4.69) is 19.0 Å². The molecule has 1 aromatic carbocycles. The van der Waals surface area contributed by atoms with E-state index < -0.39 is 10.0 Å². The van der Waals surface area contributed by atoms with E-state index in [0.717, 1.165) is 18.4 Å². The van der Waals surface area contributed by atoms with Gasteiger partial charge in [-0.1, -0.05) is 6.07 Å². The summed E-state index contributed by atoms with van der Waals surface area (Å²) in [6, 6.07) is 5.63. The monoisotopic (exact) mass is 382 g/mol. The molecule has 146 valence electrons. The van der Waals surface area contributed by atoms with E-state index in [4.69, 9.17) is 9.47 Å². The van der Waals surface area contributed by atoms with Crippen LogP contribution in [0.4, 0.5) is 0 Å². The van der Waals surface area contributed by atoms with Gasteiger partial charge in [0.1, 0.15) is 10.6 Å². The number of aryl methyl sites for hydroxylation is 1. The first-order valence-electron chi connectivity index (χ1n) is 9.12. The van der Waals surface area contributed by atoms with Crippen LogP contribution in [0.5, 0.6) is 5.75 Å². The van der Waals surface area contributed by atoms with Gasteiger partial charge in [0.15, 0.2) is 0 Å². The molecule has 1 heterocycles. The second-order valence-corrected chi connectivity index (χ2v) is 9.68. The molecular formula is C19H30N2O4S. The van der Waals surface area contributed by atoms with E-state index in [-0.39, 0.29) is 11.0 Å². The largest absolute Gasteiger partial charge is 0.495 e. The Balaban J connectivity index is 1.85.